The molecule has 0 aliphatic heterocycles. The zero-order valence-electron chi connectivity index (χ0n) is 11.7. The van der Waals surface area contributed by atoms with E-state index in [1.807, 2.05) is 10.9 Å². The van der Waals surface area contributed by atoms with E-state index in [9.17, 15) is 0 Å². The summed E-state index contributed by atoms with van der Waals surface area (Å²) in [6.45, 7) is 7.27. The maximum Gasteiger partial charge on any atom is 0.0692 e. The predicted octanol–water partition coefficient (Wildman–Crippen LogP) is 2.58. The first-order valence-electron chi connectivity index (χ1n) is 6.89. The Morgan fingerprint density at radius 1 is 1.21 bits per heavy atom. The molecule has 4 heteroatoms. The van der Waals surface area contributed by atoms with Crippen molar-refractivity contribution in [1.82, 2.24) is 20.3 Å². The number of benzene rings is 1. The van der Waals surface area contributed by atoms with Crippen LogP contribution in [0.3, 0.4) is 0 Å². The molecule has 1 N–H and O–H groups in total. The molecule has 102 valence electrons. The van der Waals surface area contributed by atoms with Crippen molar-refractivity contribution >= 4 is 0 Å². The van der Waals surface area contributed by atoms with Crippen LogP contribution in [0.1, 0.15) is 37.3 Å². The minimum atomic E-state index is 0.602. The van der Waals surface area contributed by atoms with E-state index in [0.717, 1.165) is 26.1 Å². The standard InChI is InChI=1S/C15H22N4/c1-13(2)15-6-4-14(5-7-15)12-16-8-3-10-19-11-9-17-18-19/h4-7,9,11,13,16H,3,8,10,12H2,1-2H3. The normalized spacial score (nSPS) is 11.1. The molecule has 1 aromatic heterocycles. The Morgan fingerprint density at radius 2 is 2.00 bits per heavy atom. The Hall–Kier alpha value is -1.68. The lowest BCUT2D eigenvalue weighted by molar-refractivity contribution is 0.530. The van der Waals surface area contributed by atoms with Crippen LogP contribution in [-0.2, 0) is 13.1 Å². The molecule has 4 nitrogen and oxygen atoms in total. The van der Waals surface area contributed by atoms with Gasteiger partial charge in [-0.25, -0.2) is 0 Å². The minimum Gasteiger partial charge on any atom is -0.313 e. The van der Waals surface area contributed by atoms with Gasteiger partial charge in [0.05, 0.1) is 6.20 Å². The van der Waals surface area contributed by atoms with Crippen molar-refractivity contribution in [3.63, 3.8) is 0 Å². The van der Waals surface area contributed by atoms with Gasteiger partial charge in [-0.1, -0.05) is 43.3 Å². The molecule has 0 spiro atoms. The number of hydrogen-bond donors (Lipinski definition) is 1. The lowest BCUT2D eigenvalue weighted by Crippen LogP contribution is -2.16. The number of hydrogen-bond acceptors (Lipinski definition) is 3. The van der Waals surface area contributed by atoms with Crippen molar-refractivity contribution in [2.24, 2.45) is 0 Å². The fourth-order valence-corrected chi connectivity index (χ4v) is 1.97. The summed E-state index contributed by atoms with van der Waals surface area (Å²) in [6, 6.07) is 8.85. The van der Waals surface area contributed by atoms with E-state index in [0.29, 0.717) is 5.92 Å². The Bertz CT molecular complexity index is 459. The van der Waals surface area contributed by atoms with E-state index in [-0.39, 0.29) is 0 Å². The van der Waals surface area contributed by atoms with Crippen LogP contribution in [-0.4, -0.2) is 21.5 Å². The van der Waals surface area contributed by atoms with Gasteiger partial charge in [-0.3, -0.25) is 4.68 Å². The second-order valence-electron chi connectivity index (χ2n) is 5.09. The van der Waals surface area contributed by atoms with Gasteiger partial charge in [0.25, 0.3) is 0 Å². The van der Waals surface area contributed by atoms with Crippen LogP contribution in [0, 0.1) is 0 Å². The summed E-state index contributed by atoms with van der Waals surface area (Å²) in [4.78, 5) is 0. The molecule has 0 fully saturated rings. The zero-order valence-corrected chi connectivity index (χ0v) is 11.7. The van der Waals surface area contributed by atoms with Gasteiger partial charge in [0, 0.05) is 19.3 Å². The third-order valence-electron chi connectivity index (χ3n) is 3.19. The topological polar surface area (TPSA) is 42.7 Å². The first-order chi connectivity index (χ1) is 9.25. The van der Waals surface area contributed by atoms with Crippen molar-refractivity contribution in [3.05, 3.63) is 47.8 Å². The molecule has 0 bridgehead atoms. The fraction of sp³-hybridized carbons (Fsp3) is 0.467. The highest BCUT2D eigenvalue weighted by atomic mass is 15.4. The average molecular weight is 258 g/mol. The highest BCUT2D eigenvalue weighted by molar-refractivity contribution is 5.24. The van der Waals surface area contributed by atoms with E-state index in [1.165, 1.54) is 11.1 Å². The van der Waals surface area contributed by atoms with Gasteiger partial charge in [0.1, 0.15) is 0 Å². The molecule has 1 heterocycles. The molecule has 0 aliphatic carbocycles. The van der Waals surface area contributed by atoms with Gasteiger partial charge in [0.15, 0.2) is 0 Å². The number of nitrogens with zero attached hydrogens (tertiary/aromatic N) is 3. The minimum absolute atomic E-state index is 0.602. The molecule has 2 rings (SSSR count). The van der Waals surface area contributed by atoms with Crippen molar-refractivity contribution in [1.29, 1.82) is 0 Å². The third kappa shape index (κ3) is 4.48. The van der Waals surface area contributed by atoms with Gasteiger partial charge >= 0.3 is 0 Å². The maximum atomic E-state index is 3.94. The maximum absolute atomic E-state index is 3.94. The SMILES string of the molecule is CC(C)c1ccc(CNCCCn2ccnn2)cc1. The summed E-state index contributed by atoms with van der Waals surface area (Å²) in [6.07, 6.45) is 4.67. The van der Waals surface area contributed by atoms with Crippen LogP contribution < -0.4 is 5.32 Å². The van der Waals surface area contributed by atoms with Crippen LogP contribution >= 0.6 is 0 Å². The lowest BCUT2D eigenvalue weighted by atomic mass is 10.0. The van der Waals surface area contributed by atoms with Gasteiger partial charge in [0.2, 0.25) is 0 Å². The van der Waals surface area contributed by atoms with Crippen molar-refractivity contribution in [2.75, 3.05) is 6.54 Å². The molecule has 0 saturated heterocycles. The average Bonchev–Trinajstić information content (AvgIpc) is 2.92. The summed E-state index contributed by atoms with van der Waals surface area (Å²) in [7, 11) is 0. The molecule has 1 aromatic carbocycles. The largest absolute Gasteiger partial charge is 0.313 e. The Morgan fingerprint density at radius 3 is 2.63 bits per heavy atom. The molecule has 0 aliphatic rings. The number of nitrogens with one attached hydrogen (secondary N) is 1. The number of aromatic nitrogens is 3. The number of rotatable bonds is 7. The zero-order chi connectivity index (χ0) is 13.5. The lowest BCUT2D eigenvalue weighted by Gasteiger charge is -2.08. The molecule has 0 radical (unpaired) electrons. The predicted molar refractivity (Wildman–Crippen MR) is 76.9 cm³/mol. The quantitative estimate of drug-likeness (QED) is 0.776. The van der Waals surface area contributed by atoms with E-state index < -0.39 is 0 Å². The van der Waals surface area contributed by atoms with Crippen LogP contribution in [0.5, 0.6) is 0 Å². The first-order valence-corrected chi connectivity index (χ1v) is 6.89. The van der Waals surface area contributed by atoms with Gasteiger partial charge in [-0.15, -0.1) is 5.10 Å². The Kier molecular flexibility index (Phi) is 5.10. The summed E-state index contributed by atoms with van der Waals surface area (Å²) in [5.41, 5.74) is 2.74. The molecule has 19 heavy (non-hydrogen) atoms. The van der Waals surface area contributed by atoms with Crippen LogP contribution in [0.25, 0.3) is 0 Å². The molecular formula is C15H22N4. The van der Waals surface area contributed by atoms with Gasteiger partial charge in [-0.2, -0.15) is 0 Å². The molecule has 0 saturated carbocycles. The first kappa shape index (κ1) is 13.7. The molecule has 0 atom stereocenters. The van der Waals surface area contributed by atoms with Crippen molar-refractivity contribution < 1.29 is 0 Å². The van der Waals surface area contributed by atoms with Crippen molar-refractivity contribution in [2.45, 2.75) is 39.3 Å². The van der Waals surface area contributed by atoms with E-state index in [1.54, 1.807) is 6.20 Å². The van der Waals surface area contributed by atoms with E-state index in [2.05, 4.69) is 53.7 Å². The van der Waals surface area contributed by atoms with Gasteiger partial charge < -0.3 is 5.32 Å². The fourth-order valence-electron chi connectivity index (χ4n) is 1.97. The monoisotopic (exact) mass is 258 g/mol. The second kappa shape index (κ2) is 7.04. The molecule has 0 unspecified atom stereocenters. The molecule has 0 amide bonds. The number of aryl methyl sites for hydroxylation is 1. The second-order valence-corrected chi connectivity index (χ2v) is 5.09. The van der Waals surface area contributed by atoms with Crippen molar-refractivity contribution in [3.8, 4) is 0 Å². The summed E-state index contributed by atoms with van der Waals surface area (Å²) in [5.74, 6) is 0.602. The summed E-state index contributed by atoms with van der Waals surface area (Å²) >= 11 is 0. The molecular weight excluding hydrogens is 236 g/mol. The summed E-state index contributed by atoms with van der Waals surface area (Å²) < 4.78 is 1.86. The van der Waals surface area contributed by atoms with Crippen LogP contribution in [0.15, 0.2) is 36.7 Å². The third-order valence-corrected chi connectivity index (χ3v) is 3.19. The van der Waals surface area contributed by atoms with Crippen LogP contribution in [0.4, 0.5) is 0 Å². The molecule has 2 aromatic rings. The van der Waals surface area contributed by atoms with E-state index in [4.69, 9.17) is 0 Å². The highest BCUT2D eigenvalue weighted by Gasteiger charge is 1.98. The van der Waals surface area contributed by atoms with Gasteiger partial charge in [-0.05, 0) is 30.0 Å². The Balaban J connectivity index is 1.65. The summed E-state index contributed by atoms with van der Waals surface area (Å²) in [5, 5.41) is 11.2. The smallest absolute Gasteiger partial charge is 0.0692 e. The highest BCUT2D eigenvalue weighted by Crippen LogP contribution is 2.14. The van der Waals surface area contributed by atoms with Crippen LogP contribution in [0.2, 0.25) is 0 Å². The Labute approximate surface area is 114 Å². The van der Waals surface area contributed by atoms with E-state index >= 15 is 0 Å².